The van der Waals surface area contributed by atoms with Gasteiger partial charge in [-0.3, -0.25) is 0 Å². The molecule has 0 spiro atoms. The van der Waals surface area contributed by atoms with Crippen LogP contribution < -0.4 is 0 Å². The zero-order valence-corrected chi connectivity index (χ0v) is 16.5. The lowest BCUT2D eigenvalue weighted by Crippen LogP contribution is -2.04. The molecule has 0 saturated carbocycles. The van der Waals surface area contributed by atoms with Gasteiger partial charge >= 0.3 is 0 Å². The number of benzene rings is 3. The summed E-state index contributed by atoms with van der Waals surface area (Å²) in [5, 5.41) is 58.3. The van der Waals surface area contributed by atoms with Crippen molar-refractivity contribution in [3.63, 3.8) is 0 Å². The predicted octanol–water partition coefficient (Wildman–Crippen LogP) is 2.25. The average Bonchev–Trinajstić information content (AvgIpc) is 2.75. The first-order chi connectivity index (χ1) is 14.5. The van der Waals surface area contributed by atoms with Crippen LogP contribution in [0.4, 0.5) is 0 Å². The van der Waals surface area contributed by atoms with Gasteiger partial charge in [0.25, 0.3) is 0 Å². The molecule has 0 aliphatic carbocycles. The number of phenols is 2. The van der Waals surface area contributed by atoms with Crippen molar-refractivity contribution in [3.8, 4) is 11.5 Å². The third kappa shape index (κ3) is 4.80. The predicted molar refractivity (Wildman–Crippen MR) is 112 cm³/mol. The minimum absolute atomic E-state index is 0.000923. The van der Waals surface area contributed by atoms with Gasteiger partial charge in [0.05, 0.1) is 26.4 Å². The second-order valence-corrected chi connectivity index (χ2v) is 7.29. The summed E-state index contributed by atoms with van der Waals surface area (Å²) in [6, 6.07) is 13.8. The number of phenolic OH excluding ortho intramolecular Hbond substituents is 2. The molecule has 0 aromatic heterocycles. The largest absolute Gasteiger partial charge is 0.508 e. The first-order valence-corrected chi connectivity index (χ1v) is 9.67. The third-order valence-electron chi connectivity index (χ3n) is 5.27. The standard InChI is InChI=1S/C24H26O6/c25-11-17-7-21(29)8-18(12-26)23(17)5-15-2-1-3-16(4-15)6-24-19(13-27)9-22(30)10-20(24)14-28/h1-4,7-10,25-30H,5-6,11-14H2. The Bertz CT molecular complexity index is 899. The zero-order chi connectivity index (χ0) is 21.7. The van der Waals surface area contributed by atoms with Crippen LogP contribution >= 0.6 is 0 Å². The van der Waals surface area contributed by atoms with Crippen molar-refractivity contribution < 1.29 is 30.6 Å². The van der Waals surface area contributed by atoms with Crippen LogP contribution in [0.1, 0.15) is 44.5 Å². The maximum atomic E-state index is 9.79. The van der Waals surface area contributed by atoms with Gasteiger partial charge in [-0.1, -0.05) is 24.3 Å². The highest BCUT2D eigenvalue weighted by Crippen LogP contribution is 2.28. The molecule has 0 saturated heterocycles. The summed E-state index contributed by atoms with van der Waals surface area (Å²) in [5.41, 5.74) is 5.70. The summed E-state index contributed by atoms with van der Waals surface area (Å²) in [7, 11) is 0. The van der Waals surface area contributed by atoms with Crippen molar-refractivity contribution in [2.24, 2.45) is 0 Å². The maximum absolute atomic E-state index is 9.79. The van der Waals surface area contributed by atoms with E-state index in [0.29, 0.717) is 35.1 Å². The van der Waals surface area contributed by atoms with Crippen molar-refractivity contribution in [1.82, 2.24) is 0 Å². The van der Waals surface area contributed by atoms with E-state index in [2.05, 4.69) is 0 Å². The minimum atomic E-state index is -0.246. The number of aromatic hydroxyl groups is 2. The van der Waals surface area contributed by atoms with Crippen LogP contribution in [0.5, 0.6) is 11.5 Å². The fraction of sp³-hybridized carbons (Fsp3) is 0.250. The van der Waals surface area contributed by atoms with Gasteiger partial charge in [0.2, 0.25) is 0 Å². The van der Waals surface area contributed by atoms with Gasteiger partial charge in [-0.05, 0) is 81.6 Å². The molecule has 3 aromatic rings. The monoisotopic (exact) mass is 410 g/mol. The van der Waals surface area contributed by atoms with Crippen molar-refractivity contribution >= 4 is 0 Å². The Morgan fingerprint density at radius 1 is 0.500 bits per heavy atom. The van der Waals surface area contributed by atoms with E-state index in [4.69, 9.17) is 0 Å². The highest BCUT2D eigenvalue weighted by Gasteiger charge is 2.13. The Morgan fingerprint density at radius 3 is 1.13 bits per heavy atom. The molecule has 0 fully saturated rings. The number of aliphatic hydroxyl groups is 4. The second-order valence-electron chi connectivity index (χ2n) is 7.29. The fourth-order valence-corrected chi connectivity index (χ4v) is 3.83. The molecule has 0 bridgehead atoms. The van der Waals surface area contributed by atoms with Crippen LogP contribution in [0.15, 0.2) is 48.5 Å². The van der Waals surface area contributed by atoms with Gasteiger partial charge in [-0.15, -0.1) is 0 Å². The third-order valence-corrected chi connectivity index (χ3v) is 5.27. The Balaban J connectivity index is 1.94. The summed E-state index contributed by atoms with van der Waals surface area (Å²) in [6.45, 7) is -0.986. The smallest absolute Gasteiger partial charge is 0.116 e. The van der Waals surface area contributed by atoms with E-state index in [-0.39, 0.29) is 37.9 Å². The molecule has 6 nitrogen and oxygen atoms in total. The minimum Gasteiger partial charge on any atom is -0.508 e. The first kappa shape index (κ1) is 21.8. The normalized spacial score (nSPS) is 11.1. The molecule has 30 heavy (non-hydrogen) atoms. The molecule has 0 aliphatic heterocycles. The van der Waals surface area contributed by atoms with E-state index < -0.39 is 0 Å². The van der Waals surface area contributed by atoms with Crippen LogP contribution in [0.3, 0.4) is 0 Å². The van der Waals surface area contributed by atoms with E-state index in [1.54, 1.807) is 0 Å². The highest BCUT2D eigenvalue weighted by molar-refractivity contribution is 5.46. The van der Waals surface area contributed by atoms with Crippen molar-refractivity contribution in [3.05, 3.63) is 93.0 Å². The molecule has 0 aliphatic rings. The van der Waals surface area contributed by atoms with Crippen LogP contribution in [0.25, 0.3) is 0 Å². The molecule has 6 N–H and O–H groups in total. The summed E-state index contributed by atoms with van der Waals surface area (Å²) in [4.78, 5) is 0. The van der Waals surface area contributed by atoms with Crippen LogP contribution in [0, 0.1) is 0 Å². The quantitative estimate of drug-likeness (QED) is 0.339. The Hall–Kier alpha value is -2.90. The summed E-state index contributed by atoms with van der Waals surface area (Å²) in [6.07, 6.45) is 0.935. The molecule has 0 unspecified atom stereocenters. The molecule has 6 heteroatoms. The molecular weight excluding hydrogens is 384 g/mol. The number of hydrogen-bond donors (Lipinski definition) is 6. The second kappa shape index (κ2) is 9.73. The number of hydrogen-bond acceptors (Lipinski definition) is 6. The van der Waals surface area contributed by atoms with Gasteiger partial charge in [0.15, 0.2) is 0 Å². The van der Waals surface area contributed by atoms with E-state index in [9.17, 15) is 30.6 Å². The lowest BCUT2D eigenvalue weighted by Gasteiger charge is -2.16. The average molecular weight is 410 g/mol. The Kier molecular flexibility index (Phi) is 7.07. The van der Waals surface area contributed by atoms with E-state index in [0.717, 1.165) is 22.3 Å². The zero-order valence-electron chi connectivity index (χ0n) is 16.5. The molecule has 3 aromatic carbocycles. The molecule has 0 radical (unpaired) electrons. The molecule has 0 atom stereocenters. The molecule has 3 rings (SSSR count). The van der Waals surface area contributed by atoms with Crippen molar-refractivity contribution in [2.75, 3.05) is 0 Å². The van der Waals surface area contributed by atoms with E-state index in [1.165, 1.54) is 24.3 Å². The van der Waals surface area contributed by atoms with Crippen molar-refractivity contribution in [2.45, 2.75) is 39.3 Å². The summed E-state index contributed by atoms with van der Waals surface area (Å²) < 4.78 is 0. The van der Waals surface area contributed by atoms with Gasteiger partial charge in [-0.2, -0.15) is 0 Å². The maximum Gasteiger partial charge on any atom is 0.116 e. The lowest BCUT2D eigenvalue weighted by atomic mass is 9.91. The van der Waals surface area contributed by atoms with E-state index >= 15 is 0 Å². The number of aliphatic hydroxyl groups excluding tert-OH is 4. The van der Waals surface area contributed by atoms with Crippen LogP contribution in [0.2, 0.25) is 0 Å². The van der Waals surface area contributed by atoms with E-state index in [1.807, 2.05) is 24.3 Å². The van der Waals surface area contributed by atoms with Gasteiger partial charge in [0, 0.05) is 0 Å². The highest BCUT2D eigenvalue weighted by atomic mass is 16.3. The Morgan fingerprint density at radius 2 is 0.833 bits per heavy atom. The Labute approximate surface area is 175 Å². The van der Waals surface area contributed by atoms with Gasteiger partial charge < -0.3 is 30.6 Å². The van der Waals surface area contributed by atoms with Crippen molar-refractivity contribution in [1.29, 1.82) is 0 Å². The number of rotatable bonds is 8. The first-order valence-electron chi connectivity index (χ1n) is 9.67. The van der Waals surface area contributed by atoms with Crippen LogP contribution in [-0.4, -0.2) is 30.6 Å². The SMILES string of the molecule is OCc1cc(O)cc(CO)c1Cc1cccc(Cc2c(CO)cc(O)cc2CO)c1. The lowest BCUT2D eigenvalue weighted by molar-refractivity contribution is 0.271. The van der Waals surface area contributed by atoms with Gasteiger partial charge in [-0.25, -0.2) is 0 Å². The summed E-state index contributed by atoms with van der Waals surface area (Å²) in [5.74, 6) is 0.00185. The summed E-state index contributed by atoms with van der Waals surface area (Å²) >= 11 is 0. The van der Waals surface area contributed by atoms with Crippen LogP contribution in [-0.2, 0) is 39.3 Å². The molecule has 158 valence electrons. The fourth-order valence-electron chi connectivity index (χ4n) is 3.83. The topological polar surface area (TPSA) is 121 Å². The van der Waals surface area contributed by atoms with Gasteiger partial charge in [0.1, 0.15) is 11.5 Å². The molecule has 0 amide bonds. The molecular formula is C24H26O6. The molecule has 0 heterocycles.